The van der Waals surface area contributed by atoms with Gasteiger partial charge in [-0.15, -0.1) is 0 Å². The van der Waals surface area contributed by atoms with Gasteiger partial charge >= 0.3 is 5.97 Å². The highest BCUT2D eigenvalue weighted by Gasteiger charge is 2.46. The van der Waals surface area contributed by atoms with Crippen molar-refractivity contribution in [2.24, 2.45) is 47.3 Å². The molecule has 0 unspecified atom stereocenters. The van der Waals surface area contributed by atoms with E-state index in [0.29, 0.717) is 6.54 Å². The second-order valence-corrected chi connectivity index (χ2v) is 31.6. The zero-order chi connectivity index (χ0) is 72.5. The van der Waals surface area contributed by atoms with E-state index < -0.39 is 172 Å². The molecule has 28 heteroatoms. The minimum atomic E-state index is -3.24. The maximum absolute atomic E-state index is 15.3. The summed E-state index contributed by atoms with van der Waals surface area (Å²) < 4.78 is 30.5. The molecule has 0 aromatic carbocycles. The molecule has 0 aliphatic carbocycles. The van der Waals surface area contributed by atoms with Crippen molar-refractivity contribution in [3.63, 3.8) is 0 Å². The summed E-state index contributed by atoms with van der Waals surface area (Å²) in [6.45, 7) is 29.2. The van der Waals surface area contributed by atoms with Crippen molar-refractivity contribution in [3.05, 3.63) is 0 Å². The monoisotopic (exact) mass is 1350 g/mol. The number of ether oxygens (including phenoxy) is 1. The van der Waals surface area contributed by atoms with Crippen LogP contribution in [0.3, 0.4) is 0 Å². The molecule has 0 spiro atoms. The van der Waals surface area contributed by atoms with Crippen molar-refractivity contribution in [2.45, 2.75) is 229 Å². The molecule has 2 heterocycles. The molecule has 10 amide bonds. The van der Waals surface area contributed by atoms with Crippen LogP contribution in [0.25, 0.3) is 0 Å². The minimum Gasteiger partial charge on any atom is -0.450 e. The van der Waals surface area contributed by atoms with Crippen LogP contribution in [0.2, 0.25) is 0 Å². The van der Waals surface area contributed by atoms with Crippen LogP contribution < -0.4 is 21.3 Å². The van der Waals surface area contributed by atoms with Gasteiger partial charge in [-0.25, -0.2) is 13.2 Å². The van der Waals surface area contributed by atoms with E-state index in [0.717, 1.165) is 24.5 Å². The van der Waals surface area contributed by atoms with E-state index >= 15 is 14.4 Å². The molecule has 540 valence electrons. The number of cyclic esters (lactones) is 1. The topological polar surface area (TPSA) is 342 Å². The van der Waals surface area contributed by atoms with E-state index in [9.17, 15) is 57.0 Å². The van der Waals surface area contributed by atoms with Crippen molar-refractivity contribution >= 4 is 74.9 Å². The van der Waals surface area contributed by atoms with E-state index in [1.165, 1.54) is 61.0 Å². The molecule has 94 heavy (non-hydrogen) atoms. The second kappa shape index (κ2) is 37.5. The Morgan fingerprint density at radius 3 is 1.30 bits per heavy atom. The second-order valence-electron chi connectivity index (χ2n) is 29.3. The molecular formula is C66H119N11O16S. The molecule has 2 rings (SSSR count). The number of rotatable bonds is 18. The Hall–Kier alpha value is -6.00. The summed E-state index contributed by atoms with van der Waals surface area (Å²) >= 11 is 0. The molecule has 6 N–H and O–H groups in total. The van der Waals surface area contributed by atoms with Crippen molar-refractivity contribution in [3.8, 4) is 0 Å². The Labute approximate surface area is 560 Å². The molecule has 2 saturated heterocycles. The van der Waals surface area contributed by atoms with Crippen LogP contribution in [0.4, 0.5) is 0 Å². The minimum absolute atomic E-state index is 0.0506. The lowest BCUT2D eigenvalue weighted by atomic mass is 9.91. The number of carbonyl (C=O) groups excluding carboxylic acids is 11. The predicted octanol–water partition coefficient (Wildman–Crippen LogP) is 1.51. The lowest BCUT2D eigenvalue weighted by molar-refractivity contribution is -0.166. The molecule has 0 saturated carbocycles. The summed E-state index contributed by atoms with van der Waals surface area (Å²) in [4.78, 5) is 170. The molecule has 0 aromatic heterocycles. The van der Waals surface area contributed by atoms with Crippen LogP contribution in [-0.2, 0) is 67.3 Å². The van der Waals surface area contributed by atoms with Gasteiger partial charge in [0, 0.05) is 55.4 Å². The average Bonchev–Trinajstić information content (AvgIpc) is 0.811. The first-order valence-corrected chi connectivity index (χ1v) is 35.4. The third kappa shape index (κ3) is 24.6. The fourth-order valence-electron chi connectivity index (χ4n) is 11.9. The van der Waals surface area contributed by atoms with Crippen molar-refractivity contribution in [1.82, 2.24) is 55.6 Å². The molecule has 0 aromatic rings. The first-order valence-electron chi connectivity index (χ1n) is 33.6. The molecule has 27 nitrogen and oxygen atoms in total. The summed E-state index contributed by atoms with van der Waals surface area (Å²) in [5.41, 5.74) is 0. The molecule has 2 aliphatic heterocycles. The number of carbonyl (C=O) groups is 11. The number of esters is 1. The molecule has 2 aliphatic rings. The van der Waals surface area contributed by atoms with Gasteiger partial charge in [0.1, 0.15) is 54.4 Å². The quantitative estimate of drug-likeness (QED) is 0.106. The molecule has 0 radical (unpaired) electrons. The number of amides is 10. The third-order valence-electron chi connectivity index (χ3n) is 17.7. The van der Waals surface area contributed by atoms with Crippen LogP contribution in [-0.4, -0.2) is 271 Å². The van der Waals surface area contributed by atoms with Crippen molar-refractivity contribution < 1.29 is 76.1 Å². The SMILES string of the molecule is CC(C)C[C@@H]1NC(=O)[C@H](CC(C)C)N(C)C(=O)CN(C)C(=O)[C@H]([C@@H](C)O)NC(=O)[C@H]([C@H](O)[C@H](C)CCN2CCS(=O)(=O)CC2)N(C)C(=O)[C@H](C(C)C)N(C)C(=O)[C@@H](CC(C)C)NC(=O)[C@H](CC(C)C)N(C)C(=O)[C@@H](C(C)C)OC(=O)[C@H](C)NC(=O)[C@H](CC(C)C)N(C)C1=O. The fourth-order valence-corrected chi connectivity index (χ4v) is 13.1. The smallest absolute Gasteiger partial charge is 0.329 e. The van der Waals surface area contributed by atoms with Gasteiger partial charge in [-0.05, 0) is 106 Å². The van der Waals surface area contributed by atoms with E-state index in [1.807, 2.05) is 74.1 Å². The van der Waals surface area contributed by atoms with E-state index in [4.69, 9.17) is 4.74 Å². The van der Waals surface area contributed by atoms with Gasteiger partial charge in [-0.2, -0.15) is 0 Å². The van der Waals surface area contributed by atoms with Gasteiger partial charge < -0.3 is 70.5 Å². The van der Waals surface area contributed by atoms with Crippen LogP contribution in [0.15, 0.2) is 0 Å². The number of hydrogen-bond donors (Lipinski definition) is 6. The molecule has 0 bridgehead atoms. The number of sulfone groups is 1. The summed E-state index contributed by atoms with van der Waals surface area (Å²) in [5.74, 6) is -12.3. The largest absolute Gasteiger partial charge is 0.450 e. The zero-order valence-corrected chi connectivity index (χ0v) is 61.5. The van der Waals surface area contributed by atoms with Crippen molar-refractivity contribution in [2.75, 3.05) is 80.0 Å². The Morgan fingerprint density at radius 2 is 0.883 bits per heavy atom. The van der Waals surface area contributed by atoms with E-state index in [-0.39, 0.29) is 92.7 Å². The maximum atomic E-state index is 15.3. The maximum Gasteiger partial charge on any atom is 0.329 e. The Kier molecular flexibility index (Phi) is 33.5. The van der Waals surface area contributed by atoms with Crippen LogP contribution in [0.5, 0.6) is 0 Å². The Bertz CT molecular complexity index is 2690. The van der Waals surface area contributed by atoms with Crippen molar-refractivity contribution in [1.29, 1.82) is 0 Å². The van der Waals surface area contributed by atoms with Crippen LogP contribution in [0.1, 0.15) is 156 Å². The average molecular weight is 1350 g/mol. The number of aliphatic hydroxyl groups is 2. The van der Waals surface area contributed by atoms with Gasteiger partial charge in [-0.3, -0.25) is 47.9 Å². The number of hydrogen-bond acceptors (Lipinski definition) is 17. The first kappa shape index (κ1) is 84.1. The lowest BCUT2D eigenvalue weighted by Crippen LogP contribution is -2.64. The number of nitrogens with zero attached hydrogens (tertiary/aromatic N) is 7. The predicted molar refractivity (Wildman–Crippen MR) is 357 cm³/mol. The van der Waals surface area contributed by atoms with Crippen LogP contribution >= 0.6 is 0 Å². The summed E-state index contributed by atoms with van der Waals surface area (Å²) in [6.07, 6.45) is -4.21. The highest BCUT2D eigenvalue weighted by molar-refractivity contribution is 7.91. The molecule has 13 atom stereocenters. The van der Waals surface area contributed by atoms with Gasteiger partial charge in [0.25, 0.3) is 5.91 Å². The van der Waals surface area contributed by atoms with Gasteiger partial charge in [0.15, 0.2) is 15.9 Å². The normalized spacial score (nSPS) is 27.4. The molecule has 2 fully saturated rings. The van der Waals surface area contributed by atoms with E-state index in [2.05, 4.69) is 21.3 Å². The lowest BCUT2D eigenvalue weighted by Gasteiger charge is -2.40. The highest BCUT2D eigenvalue weighted by Crippen LogP contribution is 2.25. The third-order valence-corrected chi connectivity index (χ3v) is 19.3. The number of nitrogens with one attached hydrogen (secondary N) is 4. The number of aliphatic hydroxyl groups excluding tert-OH is 2. The van der Waals surface area contributed by atoms with E-state index in [1.54, 1.807) is 34.6 Å². The molecular weight excluding hydrogens is 1230 g/mol. The number of likely N-dealkylation sites (N-methyl/N-ethyl adjacent to an activating group) is 6. The summed E-state index contributed by atoms with van der Waals surface area (Å²) in [6, 6.07) is -12.6. The summed E-state index contributed by atoms with van der Waals surface area (Å²) in [5, 5.41) is 34.6. The standard InChI is InChI=1S/C66H119N11O16S/c1-36(2)30-46-61(85)73(20)49(33-39(7)8)57(81)67-44(16)66(90)93-56(42(13)14)65(89)74(21)50(34-40(9)10)59(83)69-47(31-37(3)4)62(86)75(22)53(41(11)12)64(88)76(23)54(55(80)43(15)24-25-77-26-28-94(91,92)29-27-77)60(84)70-52(45(17)78)63(87)71(18)35-51(79)72(19)48(32-38(5)6)58(82)68-46/h36-50,52-56,78,80H,24-35H2,1-23H3,(H,67,81)(H,68,82)(H,69,83)(H,70,84)/t43-,44+,45-,46+,47-,48+,49+,50+,52+,53+,54+,55-,56-/m1/s1. The van der Waals surface area contributed by atoms with Crippen LogP contribution in [0, 0.1) is 47.3 Å². The Morgan fingerprint density at radius 1 is 0.479 bits per heavy atom. The highest BCUT2D eigenvalue weighted by atomic mass is 32.2. The fraction of sp³-hybridized carbons (Fsp3) is 0.833. The van der Waals surface area contributed by atoms with Gasteiger partial charge in [0.05, 0.1) is 30.3 Å². The Balaban J connectivity index is 3.03. The van der Waals surface area contributed by atoms with Gasteiger partial charge in [0.2, 0.25) is 53.2 Å². The van der Waals surface area contributed by atoms with Gasteiger partial charge in [-0.1, -0.05) is 104 Å². The first-order chi connectivity index (χ1) is 43.3. The summed E-state index contributed by atoms with van der Waals surface area (Å²) in [7, 11) is 4.78. The zero-order valence-electron chi connectivity index (χ0n) is 60.7.